The molecule has 1 N–H and O–H groups in total. The lowest BCUT2D eigenvalue weighted by Gasteiger charge is -2.16. The Bertz CT molecular complexity index is 949. The van der Waals surface area contributed by atoms with Crippen LogP contribution in [-0.4, -0.2) is 29.2 Å². The van der Waals surface area contributed by atoms with Gasteiger partial charge in [0.05, 0.1) is 30.7 Å². The van der Waals surface area contributed by atoms with Crippen LogP contribution in [0.4, 0.5) is 0 Å². The van der Waals surface area contributed by atoms with E-state index in [4.69, 9.17) is 14.5 Å². The van der Waals surface area contributed by atoms with Crippen molar-refractivity contribution >= 4 is 16.9 Å². The molecule has 0 spiro atoms. The molecule has 6 heteroatoms. The molecule has 0 saturated heterocycles. The Morgan fingerprint density at radius 3 is 2.81 bits per heavy atom. The van der Waals surface area contributed by atoms with Gasteiger partial charge in [0.25, 0.3) is 0 Å². The number of ether oxygens (including phenoxy) is 2. The number of imidazole rings is 1. The highest BCUT2D eigenvalue weighted by Crippen LogP contribution is 2.22. The zero-order chi connectivity index (χ0) is 19.2. The van der Waals surface area contributed by atoms with Crippen LogP contribution in [0.25, 0.3) is 11.0 Å². The fourth-order valence-corrected chi connectivity index (χ4v) is 2.94. The van der Waals surface area contributed by atoms with E-state index in [2.05, 4.69) is 16.5 Å². The zero-order valence-corrected chi connectivity index (χ0v) is 15.5. The molecule has 0 bridgehead atoms. The predicted molar refractivity (Wildman–Crippen MR) is 105 cm³/mol. The van der Waals surface area contributed by atoms with Crippen molar-refractivity contribution in [3.8, 4) is 11.5 Å². The first-order valence-electron chi connectivity index (χ1n) is 8.77. The molecule has 2 aromatic carbocycles. The first-order valence-corrected chi connectivity index (χ1v) is 8.77. The van der Waals surface area contributed by atoms with Gasteiger partial charge in [0.2, 0.25) is 5.91 Å². The molecule has 27 heavy (non-hydrogen) atoms. The molecule has 3 aromatic rings. The molecule has 0 radical (unpaired) electrons. The van der Waals surface area contributed by atoms with Gasteiger partial charge in [-0.3, -0.25) is 4.79 Å². The van der Waals surface area contributed by atoms with Gasteiger partial charge in [0.1, 0.15) is 23.9 Å². The van der Waals surface area contributed by atoms with Crippen molar-refractivity contribution < 1.29 is 14.3 Å². The number of carbonyl (C=O) groups is 1. The SMILES string of the molecule is C=CC(=O)NC(C)c1nc2ccccc2n1CCOc1cccc(OC)c1. The summed E-state index contributed by atoms with van der Waals surface area (Å²) in [7, 11) is 1.63. The first-order chi connectivity index (χ1) is 13.1. The number of hydrogen-bond acceptors (Lipinski definition) is 4. The van der Waals surface area contributed by atoms with Crippen LogP contribution in [0.2, 0.25) is 0 Å². The molecule has 3 rings (SSSR count). The maximum absolute atomic E-state index is 11.7. The van der Waals surface area contributed by atoms with Gasteiger partial charge in [-0.2, -0.15) is 0 Å². The maximum atomic E-state index is 11.7. The van der Waals surface area contributed by atoms with Gasteiger partial charge in [0, 0.05) is 6.07 Å². The van der Waals surface area contributed by atoms with E-state index < -0.39 is 0 Å². The van der Waals surface area contributed by atoms with Crippen LogP contribution in [-0.2, 0) is 11.3 Å². The second-order valence-corrected chi connectivity index (χ2v) is 6.07. The Kier molecular flexibility index (Phi) is 5.76. The third kappa shape index (κ3) is 4.28. The van der Waals surface area contributed by atoms with Crippen LogP contribution >= 0.6 is 0 Å². The lowest BCUT2D eigenvalue weighted by Crippen LogP contribution is -2.27. The molecule has 1 heterocycles. The lowest BCUT2D eigenvalue weighted by molar-refractivity contribution is -0.117. The zero-order valence-electron chi connectivity index (χ0n) is 15.5. The predicted octanol–water partition coefficient (Wildman–Crippen LogP) is 3.49. The van der Waals surface area contributed by atoms with E-state index in [0.717, 1.165) is 28.4 Å². The molecule has 0 aliphatic heterocycles. The molecule has 1 atom stereocenters. The number of nitrogens with one attached hydrogen (secondary N) is 1. The van der Waals surface area contributed by atoms with Gasteiger partial charge in [-0.15, -0.1) is 0 Å². The van der Waals surface area contributed by atoms with Crippen molar-refractivity contribution in [2.75, 3.05) is 13.7 Å². The molecule has 6 nitrogen and oxygen atoms in total. The molecule has 0 saturated carbocycles. The average molecular weight is 365 g/mol. The third-order valence-electron chi connectivity index (χ3n) is 4.24. The van der Waals surface area contributed by atoms with E-state index >= 15 is 0 Å². The fourth-order valence-electron chi connectivity index (χ4n) is 2.94. The molecular formula is C21H23N3O3. The summed E-state index contributed by atoms with van der Waals surface area (Å²) in [5.74, 6) is 2.05. The summed E-state index contributed by atoms with van der Waals surface area (Å²) in [5, 5.41) is 2.87. The molecule has 0 aliphatic rings. The Morgan fingerprint density at radius 1 is 1.26 bits per heavy atom. The van der Waals surface area contributed by atoms with Gasteiger partial charge in [-0.25, -0.2) is 4.98 Å². The maximum Gasteiger partial charge on any atom is 0.243 e. The minimum absolute atomic E-state index is 0.228. The molecule has 1 unspecified atom stereocenters. The second kappa shape index (κ2) is 8.40. The van der Waals surface area contributed by atoms with Gasteiger partial charge >= 0.3 is 0 Å². The molecular weight excluding hydrogens is 342 g/mol. The van der Waals surface area contributed by atoms with Crippen LogP contribution in [0.1, 0.15) is 18.8 Å². The minimum Gasteiger partial charge on any atom is -0.497 e. The number of nitrogens with zero attached hydrogens (tertiary/aromatic N) is 2. The lowest BCUT2D eigenvalue weighted by atomic mass is 10.3. The number of hydrogen-bond donors (Lipinski definition) is 1. The van der Waals surface area contributed by atoms with E-state index in [1.807, 2.05) is 55.5 Å². The fraction of sp³-hybridized carbons (Fsp3) is 0.238. The molecule has 1 aromatic heterocycles. The monoisotopic (exact) mass is 365 g/mol. The van der Waals surface area contributed by atoms with Crippen LogP contribution in [0.5, 0.6) is 11.5 Å². The minimum atomic E-state index is -0.250. The number of rotatable bonds is 8. The van der Waals surface area contributed by atoms with E-state index in [1.165, 1.54) is 6.08 Å². The summed E-state index contributed by atoms with van der Waals surface area (Å²) in [5.41, 5.74) is 1.88. The van der Waals surface area contributed by atoms with Gasteiger partial charge < -0.3 is 19.4 Å². The van der Waals surface area contributed by atoms with Crippen molar-refractivity contribution in [1.82, 2.24) is 14.9 Å². The van der Waals surface area contributed by atoms with Crippen molar-refractivity contribution in [3.05, 3.63) is 67.0 Å². The van der Waals surface area contributed by atoms with Gasteiger partial charge in [0.15, 0.2) is 0 Å². The second-order valence-electron chi connectivity index (χ2n) is 6.07. The number of methoxy groups -OCH3 is 1. The van der Waals surface area contributed by atoms with Crippen LogP contribution in [0.3, 0.4) is 0 Å². The number of amides is 1. The van der Waals surface area contributed by atoms with Crippen molar-refractivity contribution in [1.29, 1.82) is 0 Å². The largest absolute Gasteiger partial charge is 0.497 e. The molecule has 0 fully saturated rings. The third-order valence-corrected chi connectivity index (χ3v) is 4.24. The first kappa shape index (κ1) is 18.5. The summed E-state index contributed by atoms with van der Waals surface area (Å²) in [4.78, 5) is 16.4. The quantitative estimate of drug-likeness (QED) is 0.621. The van der Waals surface area contributed by atoms with E-state index in [1.54, 1.807) is 7.11 Å². The molecule has 0 aliphatic carbocycles. The van der Waals surface area contributed by atoms with Crippen LogP contribution in [0, 0.1) is 0 Å². The summed E-state index contributed by atoms with van der Waals surface area (Å²) in [6.07, 6.45) is 1.26. The number of fused-ring (bicyclic) bond motifs is 1. The van der Waals surface area contributed by atoms with Crippen LogP contribution < -0.4 is 14.8 Å². The number of benzene rings is 2. The highest BCUT2D eigenvalue weighted by atomic mass is 16.5. The Morgan fingerprint density at radius 2 is 2.04 bits per heavy atom. The Balaban J connectivity index is 1.80. The standard InChI is InChI=1S/C21H23N3O3/c1-4-20(25)22-15(2)21-23-18-10-5-6-11-19(18)24(21)12-13-27-17-9-7-8-16(14-17)26-3/h4-11,14-15H,1,12-13H2,2-3H3,(H,22,25). The highest BCUT2D eigenvalue weighted by molar-refractivity contribution is 5.87. The van der Waals surface area contributed by atoms with E-state index in [0.29, 0.717) is 13.2 Å². The van der Waals surface area contributed by atoms with Crippen molar-refractivity contribution in [2.45, 2.75) is 19.5 Å². The number of carbonyl (C=O) groups excluding carboxylic acids is 1. The number of aromatic nitrogens is 2. The highest BCUT2D eigenvalue weighted by Gasteiger charge is 2.17. The van der Waals surface area contributed by atoms with E-state index in [9.17, 15) is 4.79 Å². The Labute approximate surface area is 158 Å². The van der Waals surface area contributed by atoms with E-state index in [-0.39, 0.29) is 11.9 Å². The van der Waals surface area contributed by atoms with Crippen LogP contribution in [0.15, 0.2) is 61.2 Å². The average Bonchev–Trinajstić information content (AvgIpc) is 3.07. The van der Waals surface area contributed by atoms with Gasteiger partial charge in [-0.05, 0) is 37.3 Å². The van der Waals surface area contributed by atoms with Crippen molar-refractivity contribution in [3.63, 3.8) is 0 Å². The summed E-state index contributed by atoms with van der Waals surface area (Å²) < 4.78 is 13.2. The van der Waals surface area contributed by atoms with Crippen molar-refractivity contribution in [2.24, 2.45) is 0 Å². The number of para-hydroxylation sites is 2. The summed E-state index contributed by atoms with van der Waals surface area (Å²) >= 11 is 0. The smallest absolute Gasteiger partial charge is 0.243 e. The summed E-state index contributed by atoms with van der Waals surface area (Å²) in [6, 6.07) is 15.1. The van der Waals surface area contributed by atoms with Gasteiger partial charge in [-0.1, -0.05) is 24.8 Å². The molecule has 1 amide bonds. The Hall–Kier alpha value is -3.28. The molecule has 140 valence electrons. The normalized spacial score (nSPS) is 11.8. The summed E-state index contributed by atoms with van der Waals surface area (Å²) in [6.45, 7) is 6.46. The topological polar surface area (TPSA) is 65.4 Å².